The van der Waals surface area contributed by atoms with Crippen LogP contribution in [0.1, 0.15) is 5.56 Å². The van der Waals surface area contributed by atoms with Gasteiger partial charge in [0, 0.05) is 10.7 Å². The lowest BCUT2D eigenvalue weighted by Crippen LogP contribution is -1.98. The molecule has 4 nitrogen and oxygen atoms in total. The summed E-state index contributed by atoms with van der Waals surface area (Å²) in [6, 6.07) is 4.72. The number of hydrogen-bond acceptors (Lipinski definition) is 4. The number of isocyanates is 1. The molecule has 0 saturated carbocycles. The Morgan fingerprint density at radius 1 is 1.47 bits per heavy atom. The highest BCUT2D eigenvalue weighted by atomic mass is 79.9. The van der Waals surface area contributed by atoms with E-state index in [9.17, 15) is 13.2 Å². The van der Waals surface area contributed by atoms with Crippen LogP contribution in [0, 0.1) is 0 Å². The highest BCUT2D eigenvalue weighted by molar-refractivity contribution is 9.10. The van der Waals surface area contributed by atoms with Crippen LogP contribution in [-0.2, 0) is 21.2 Å². The second-order valence-electron chi connectivity index (χ2n) is 2.94. The molecular formula is C9H8BrNO3S. The van der Waals surface area contributed by atoms with Crippen LogP contribution in [0.2, 0.25) is 0 Å². The van der Waals surface area contributed by atoms with Gasteiger partial charge in [0.1, 0.15) is 0 Å². The first-order chi connectivity index (χ1) is 6.95. The van der Waals surface area contributed by atoms with Gasteiger partial charge in [-0.2, -0.15) is 0 Å². The average molecular weight is 290 g/mol. The minimum Gasteiger partial charge on any atom is -0.224 e. The van der Waals surface area contributed by atoms with Crippen LogP contribution in [0.15, 0.2) is 32.6 Å². The summed E-state index contributed by atoms with van der Waals surface area (Å²) in [7, 11) is -3.23. The molecule has 0 amide bonds. The maximum atomic E-state index is 11.3. The molecule has 0 unspecified atom stereocenters. The van der Waals surface area contributed by atoms with Gasteiger partial charge >= 0.3 is 0 Å². The predicted molar refractivity (Wildman–Crippen MR) is 59.1 cm³/mol. The summed E-state index contributed by atoms with van der Waals surface area (Å²) < 4.78 is 23.0. The first kappa shape index (κ1) is 12.1. The van der Waals surface area contributed by atoms with Crippen molar-refractivity contribution >= 4 is 31.8 Å². The molecule has 0 spiro atoms. The number of halogens is 1. The van der Waals surface area contributed by atoms with Crippen LogP contribution in [-0.4, -0.2) is 20.8 Å². The molecule has 0 aromatic heterocycles. The molecule has 0 fully saturated rings. The molecule has 80 valence electrons. The third-order valence-corrected chi connectivity index (χ3v) is 3.80. The Morgan fingerprint density at radius 3 is 2.60 bits per heavy atom. The molecule has 1 aromatic carbocycles. The van der Waals surface area contributed by atoms with Crippen molar-refractivity contribution in [3.8, 4) is 0 Å². The van der Waals surface area contributed by atoms with Gasteiger partial charge in [-0.1, -0.05) is 6.07 Å². The van der Waals surface area contributed by atoms with Crippen molar-refractivity contribution in [1.82, 2.24) is 0 Å². The zero-order valence-electron chi connectivity index (χ0n) is 7.90. The summed E-state index contributed by atoms with van der Waals surface area (Å²) in [6.45, 7) is 0.201. The lowest BCUT2D eigenvalue weighted by Gasteiger charge is -2.03. The molecule has 6 heteroatoms. The summed E-state index contributed by atoms with van der Waals surface area (Å²) in [5, 5.41) is 0. The summed E-state index contributed by atoms with van der Waals surface area (Å²) in [5.41, 5.74) is 0.748. The highest BCUT2D eigenvalue weighted by Crippen LogP contribution is 2.23. The molecule has 0 aliphatic carbocycles. The van der Waals surface area contributed by atoms with E-state index in [1.165, 1.54) is 12.1 Å². The summed E-state index contributed by atoms with van der Waals surface area (Å²) >= 11 is 3.16. The van der Waals surface area contributed by atoms with Crippen LogP contribution in [0.25, 0.3) is 0 Å². The van der Waals surface area contributed by atoms with Gasteiger partial charge in [0.15, 0.2) is 9.84 Å². The van der Waals surface area contributed by atoms with Crippen LogP contribution in [0.4, 0.5) is 0 Å². The Morgan fingerprint density at radius 2 is 2.13 bits per heavy atom. The number of nitrogens with zero attached hydrogens (tertiary/aromatic N) is 1. The van der Waals surface area contributed by atoms with Crippen molar-refractivity contribution in [3.63, 3.8) is 0 Å². The first-order valence-electron chi connectivity index (χ1n) is 3.97. The van der Waals surface area contributed by atoms with Crippen molar-refractivity contribution in [2.45, 2.75) is 11.4 Å². The van der Waals surface area contributed by atoms with E-state index in [0.717, 1.165) is 11.8 Å². The van der Waals surface area contributed by atoms with E-state index in [4.69, 9.17) is 0 Å². The van der Waals surface area contributed by atoms with Gasteiger partial charge in [0.2, 0.25) is 6.08 Å². The van der Waals surface area contributed by atoms with Gasteiger partial charge in [0.25, 0.3) is 0 Å². The van der Waals surface area contributed by atoms with Crippen LogP contribution >= 0.6 is 15.9 Å². The van der Waals surface area contributed by atoms with Crippen molar-refractivity contribution < 1.29 is 13.2 Å². The standard InChI is InChI=1S/C9H8BrNO3S/c1-15(13,14)9-3-2-7(4-8(9)10)5-11-6-12/h2-4H,5H2,1H3. The minimum absolute atomic E-state index is 0.201. The molecule has 1 aromatic rings. The predicted octanol–water partition coefficient (Wildman–Crippen LogP) is 1.69. The number of aliphatic imine (C=N–C) groups is 1. The third kappa shape index (κ3) is 3.27. The summed E-state index contributed by atoms with van der Waals surface area (Å²) in [5.74, 6) is 0. The third-order valence-electron chi connectivity index (χ3n) is 1.72. The maximum absolute atomic E-state index is 11.3. The van der Waals surface area contributed by atoms with E-state index in [1.54, 1.807) is 12.1 Å². The molecule has 0 heterocycles. The molecule has 0 saturated heterocycles. The number of sulfone groups is 1. The smallest absolute Gasteiger partial charge is 0.224 e. The Hall–Kier alpha value is -0.970. The topological polar surface area (TPSA) is 63.6 Å². The molecule has 0 bridgehead atoms. The fraction of sp³-hybridized carbons (Fsp3) is 0.222. The second kappa shape index (κ2) is 4.70. The molecular weight excluding hydrogens is 282 g/mol. The monoisotopic (exact) mass is 289 g/mol. The Labute approximate surface area is 96.1 Å². The van der Waals surface area contributed by atoms with E-state index >= 15 is 0 Å². The normalized spacial score (nSPS) is 10.8. The van der Waals surface area contributed by atoms with Crippen LogP contribution < -0.4 is 0 Å². The van der Waals surface area contributed by atoms with Gasteiger partial charge in [-0.15, -0.1) is 0 Å². The lowest BCUT2D eigenvalue weighted by atomic mass is 10.2. The van der Waals surface area contributed by atoms with E-state index in [-0.39, 0.29) is 11.4 Å². The number of hydrogen-bond donors (Lipinski definition) is 0. The minimum atomic E-state index is -3.23. The number of rotatable bonds is 3. The van der Waals surface area contributed by atoms with Crippen molar-refractivity contribution in [3.05, 3.63) is 28.2 Å². The molecule has 0 radical (unpaired) electrons. The highest BCUT2D eigenvalue weighted by Gasteiger charge is 2.11. The fourth-order valence-corrected chi connectivity index (χ4v) is 3.10. The van der Waals surface area contributed by atoms with Gasteiger partial charge in [0.05, 0.1) is 11.4 Å². The summed E-state index contributed by atoms with van der Waals surface area (Å²) in [4.78, 5) is 13.5. The van der Waals surface area contributed by atoms with E-state index in [1.807, 2.05) is 0 Å². The Balaban J connectivity index is 3.14. The zero-order chi connectivity index (χ0) is 11.5. The Bertz CT molecular complexity index is 518. The van der Waals surface area contributed by atoms with Crippen LogP contribution in [0.3, 0.4) is 0 Å². The average Bonchev–Trinajstić information content (AvgIpc) is 2.12. The largest absolute Gasteiger partial charge is 0.235 e. The van der Waals surface area contributed by atoms with Gasteiger partial charge in [-0.3, -0.25) is 0 Å². The lowest BCUT2D eigenvalue weighted by molar-refractivity contribution is 0.562. The van der Waals surface area contributed by atoms with E-state index in [0.29, 0.717) is 4.47 Å². The maximum Gasteiger partial charge on any atom is 0.235 e. The SMILES string of the molecule is CS(=O)(=O)c1ccc(CN=C=O)cc1Br. The van der Waals surface area contributed by atoms with Gasteiger partial charge in [-0.05, 0) is 33.6 Å². The number of carbonyl (C=O) groups excluding carboxylic acids is 1. The van der Waals surface area contributed by atoms with Crippen molar-refractivity contribution in [1.29, 1.82) is 0 Å². The quantitative estimate of drug-likeness (QED) is 0.628. The fourth-order valence-electron chi connectivity index (χ4n) is 1.07. The molecule has 1 rings (SSSR count). The molecule has 0 aliphatic rings. The molecule has 0 aliphatic heterocycles. The zero-order valence-corrected chi connectivity index (χ0v) is 10.3. The molecule has 15 heavy (non-hydrogen) atoms. The summed E-state index contributed by atoms with van der Waals surface area (Å²) in [6.07, 6.45) is 2.56. The van der Waals surface area contributed by atoms with Crippen LogP contribution in [0.5, 0.6) is 0 Å². The van der Waals surface area contributed by atoms with Crippen molar-refractivity contribution in [2.24, 2.45) is 4.99 Å². The Kier molecular flexibility index (Phi) is 3.79. The first-order valence-corrected chi connectivity index (χ1v) is 6.65. The van der Waals surface area contributed by atoms with Crippen molar-refractivity contribution in [2.75, 3.05) is 6.26 Å². The molecule has 0 atom stereocenters. The van der Waals surface area contributed by atoms with E-state index in [2.05, 4.69) is 20.9 Å². The second-order valence-corrected chi connectivity index (χ2v) is 5.78. The van der Waals surface area contributed by atoms with Gasteiger partial charge < -0.3 is 0 Å². The molecule has 0 N–H and O–H groups in total. The number of benzene rings is 1. The van der Waals surface area contributed by atoms with Gasteiger partial charge in [-0.25, -0.2) is 18.2 Å². The van der Waals surface area contributed by atoms with E-state index < -0.39 is 9.84 Å².